The second-order valence-corrected chi connectivity index (χ2v) is 9.22. The smallest absolute Gasteiger partial charge is 0.326 e. The number of nitrogens with two attached hydrogens (primary N) is 3. The lowest BCUT2D eigenvalue weighted by atomic mass is 9.97. The van der Waals surface area contributed by atoms with Gasteiger partial charge < -0.3 is 38.3 Å². The molecule has 0 aliphatic carbocycles. The number of hydrogen-bond donors (Lipinski definition) is 7. The van der Waals surface area contributed by atoms with E-state index >= 15 is 0 Å². The van der Waals surface area contributed by atoms with Gasteiger partial charge in [0, 0.05) is 12.8 Å². The molecule has 0 bridgehead atoms. The fourth-order valence-electron chi connectivity index (χ4n) is 2.97. The SMILES string of the molecule is CCC(C)C(NC(=O)C(CCC(N)=O)NC(=O)C(N)CCC(N)=O)C(=O)NC(CCSC)C(=O)O. The van der Waals surface area contributed by atoms with Crippen molar-refractivity contribution in [1.82, 2.24) is 16.0 Å². The molecule has 0 radical (unpaired) electrons. The van der Waals surface area contributed by atoms with Crippen LogP contribution in [0.5, 0.6) is 0 Å². The van der Waals surface area contributed by atoms with Crippen LogP contribution in [0, 0.1) is 5.92 Å². The molecule has 0 spiro atoms. The van der Waals surface area contributed by atoms with Gasteiger partial charge in [-0.15, -0.1) is 0 Å². The number of aliphatic carboxylic acids is 1. The maximum Gasteiger partial charge on any atom is 0.326 e. The summed E-state index contributed by atoms with van der Waals surface area (Å²) in [6.45, 7) is 3.50. The van der Waals surface area contributed by atoms with Crippen LogP contribution in [-0.2, 0) is 28.8 Å². The van der Waals surface area contributed by atoms with Crippen molar-refractivity contribution < 1.29 is 33.9 Å². The molecular weight excluding hydrogens is 480 g/mol. The molecule has 5 amide bonds. The number of thioether (sulfide) groups is 1. The van der Waals surface area contributed by atoms with Gasteiger partial charge in [-0.3, -0.25) is 24.0 Å². The van der Waals surface area contributed by atoms with Gasteiger partial charge in [-0.2, -0.15) is 11.8 Å². The third kappa shape index (κ3) is 13.0. The van der Waals surface area contributed by atoms with Gasteiger partial charge >= 0.3 is 5.97 Å². The molecule has 0 rings (SSSR count). The summed E-state index contributed by atoms with van der Waals surface area (Å²) in [5.41, 5.74) is 16.0. The Kier molecular flexibility index (Phi) is 15.3. The van der Waals surface area contributed by atoms with Gasteiger partial charge in [0.15, 0.2) is 0 Å². The highest BCUT2D eigenvalue weighted by atomic mass is 32.2. The number of carbonyl (C=O) groups excluding carboxylic acids is 5. The normalized spacial score (nSPS) is 15.1. The van der Waals surface area contributed by atoms with E-state index in [9.17, 15) is 33.9 Å². The zero-order valence-corrected chi connectivity index (χ0v) is 21.2. The van der Waals surface area contributed by atoms with Crippen LogP contribution < -0.4 is 33.2 Å². The quantitative estimate of drug-likeness (QED) is 0.108. The third-order valence-corrected chi connectivity index (χ3v) is 6.01. The Balaban J connectivity index is 5.56. The van der Waals surface area contributed by atoms with E-state index in [4.69, 9.17) is 17.2 Å². The van der Waals surface area contributed by atoms with Crippen LogP contribution in [0.2, 0.25) is 0 Å². The van der Waals surface area contributed by atoms with Gasteiger partial charge in [-0.25, -0.2) is 4.79 Å². The Hall–Kier alpha value is -2.87. The predicted octanol–water partition coefficient (Wildman–Crippen LogP) is -1.82. The lowest BCUT2D eigenvalue weighted by Crippen LogP contribution is -2.58. The van der Waals surface area contributed by atoms with Crippen molar-refractivity contribution in [1.29, 1.82) is 0 Å². The first-order valence-corrected chi connectivity index (χ1v) is 12.7. The molecule has 0 aliphatic rings. The van der Waals surface area contributed by atoms with Crippen molar-refractivity contribution in [3.8, 4) is 0 Å². The molecule has 5 atom stereocenters. The van der Waals surface area contributed by atoms with Crippen LogP contribution in [-0.4, -0.2) is 76.8 Å². The van der Waals surface area contributed by atoms with Crippen molar-refractivity contribution in [2.75, 3.05) is 12.0 Å². The van der Waals surface area contributed by atoms with E-state index in [1.54, 1.807) is 13.8 Å². The van der Waals surface area contributed by atoms with Gasteiger partial charge in [0.05, 0.1) is 6.04 Å². The molecule has 0 saturated carbocycles. The van der Waals surface area contributed by atoms with Gasteiger partial charge in [0.1, 0.15) is 18.1 Å². The summed E-state index contributed by atoms with van der Waals surface area (Å²) in [6.07, 6.45) is 1.92. The first-order valence-electron chi connectivity index (χ1n) is 11.3. The molecule has 200 valence electrons. The lowest BCUT2D eigenvalue weighted by Gasteiger charge is -2.28. The molecule has 0 aromatic rings. The molecule has 0 aliphatic heterocycles. The van der Waals surface area contributed by atoms with Crippen LogP contribution in [0.3, 0.4) is 0 Å². The lowest BCUT2D eigenvalue weighted by molar-refractivity contribution is -0.142. The molecule has 0 fully saturated rings. The third-order valence-electron chi connectivity index (χ3n) is 5.37. The second-order valence-electron chi connectivity index (χ2n) is 8.23. The number of carboxylic acid groups (broad SMARTS) is 1. The van der Waals surface area contributed by atoms with Gasteiger partial charge in [-0.05, 0) is 37.2 Å². The van der Waals surface area contributed by atoms with Crippen LogP contribution in [0.1, 0.15) is 52.4 Å². The van der Waals surface area contributed by atoms with E-state index in [0.29, 0.717) is 12.2 Å². The van der Waals surface area contributed by atoms with E-state index in [-0.39, 0.29) is 38.0 Å². The van der Waals surface area contributed by atoms with Gasteiger partial charge in [-0.1, -0.05) is 20.3 Å². The summed E-state index contributed by atoms with van der Waals surface area (Å²) in [4.78, 5) is 72.0. The molecular formula is C21H38N6O7S. The molecule has 0 heterocycles. The maximum atomic E-state index is 13.0. The fourth-order valence-corrected chi connectivity index (χ4v) is 3.44. The molecule has 10 N–H and O–H groups in total. The largest absolute Gasteiger partial charge is 0.480 e. The van der Waals surface area contributed by atoms with Crippen LogP contribution >= 0.6 is 11.8 Å². The monoisotopic (exact) mass is 518 g/mol. The summed E-state index contributed by atoms with van der Waals surface area (Å²) < 4.78 is 0. The van der Waals surface area contributed by atoms with Crippen molar-refractivity contribution in [2.24, 2.45) is 23.1 Å². The van der Waals surface area contributed by atoms with Crippen LogP contribution in [0.15, 0.2) is 0 Å². The minimum Gasteiger partial charge on any atom is -0.480 e. The number of rotatable bonds is 18. The van der Waals surface area contributed by atoms with E-state index in [1.165, 1.54) is 11.8 Å². The first kappa shape index (κ1) is 32.1. The number of hydrogen-bond acceptors (Lipinski definition) is 8. The Morgan fingerprint density at radius 3 is 1.86 bits per heavy atom. The number of carboxylic acids is 1. The van der Waals surface area contributed by atoms with Crippen molar-refractivity contribution >= 4 is 47.3 Å². The average molecular weight is 519 g/mol. The van der Waals surface area contributed by atoms with E-state index in [0.717, 1.165) is 0 Å². The number of carbonyl (C=O) groups is 6. The number of nitrogens with one attached hydrogen (secondary N) is 3. The highest BCUT2D eigenvalue weighted by molar-refractivity contribution is 7.98. The zero-order chi connectivity index (χ0) is 27.1. The summed E-state index contributed by atoms with van der Waals surface area (Å²) in [7, 11) is 0. The molecule has 0 aromatic heterocycles. The summed E-state index contributed by atoms with van der Waals surface area (Å²) in [5.74, 6) is -4.60. The summed E-state index contributed by atoms with van der Waals surface area (Å²) >= 11 is 1.43. The van der Waals surface area contributed by atoms with E-state index in [2.05, 4.69) is 16.0 Å². The van der Waals surface area contributed by atoms with Crippen LogP contribution in [0.25, 0.3) is 0 Å². The van der Waals surface area contributed by atoms with Gasteiger partial charge in [0.2, 0.25) is 29.5 Å². The highest BCUT2D eigenvalue weighted by Crippen LogP contribution is 2.11. The summed E-state index contributed by atoms with van der Waals surface area (Å²) in [6, 6.07) is -4.61. The predicted molar refractivity (Wildman–Crippen MR) is 131 cm³/mol. The Morgan fingerprint density at radius 1 is 0.829 bits per heavy atom. The average Bonchev–Trinajstić information content (AvgIpc) is 2.79. The zero-order valence-electron chi connectivity index (χ0n) is 20.4. The Morgan fingerprint density at radius 2 is 1.37 bits per heavy atom. The molecule has 13 nitrogen and oxygen atoms in total. The van der Waals surface area contributed by atoms with E-state index < -0.39 is 59.7 Å². The topological polar surface area (TPSA) is 237 Å². The number of primary amides is 2. The van der Waals surface area contributed by atoms with E-state index in [1.807, 2.05) is 6.26 Å². The highest BCUT2D eigenvalue weighted by Gasteiger charge is 2.32. The standard InChI is InChI=1S/C21H38N6O7S/c1-4-11(2)17(20(32)26-14(21(33)34)9-10-35-3)27-19(31)13(6-8-16(24)29)25-18(30)12(22)5-7-15(23)28/h11-14,17H,4-10,22H2,1-3H3,(H2,23,28)(H2,24,29)(H,25,30)(H,26,32)(H,27,31)(H,33,34). The van der Waals surface area contributed by atoms with Gasteiger partial charge in [0.25, 0.3) is 0 Å². The molecule has 0 saturated heterocycles. The second kappa shape index (κ2) is 16.7. The maximum absolute atomic E-state index is 13.0. The first-order chi connectivity index (χ1) is 16.3. The fraction of sp³-hybridized carbons (Fsp3) is 0.714. The molecule has 35 heavy (non-hydrogen) atoms. The van der Waals surface area contributed by atoms with Crippen LogP contribution in [0.4, 0.5) is 0 Å². The van der Waals surface area contributed by atoms with Crippen molar-refractivity contribution in [2.45, 2.75) is 76.5 Å². The molecule has 14 heteroatoms. The molecule has 5 unspecified atom stereocenters. The van der Waals surface area contributed by atoms with Crippen molar-refractivity contribution in [3.63, 3.8) is 0 Å². The van der Waals surface area contributed by atoms with Crippen molar-refractivity contribution in [3.05, 3.63) is 0 Å². The summed E-state index contributed by atoms with van der Waals surface area (Å²) in [5, 5.41) is 16.8. The molecule has 0 aromatic carbocycles. The number of amides is 5. The minimum atomic E-state index is -1.25. The Labute approximate surface area is 209 Å². The minimum absolute atomic E-state index is 0.0458. The Bertz CT molecular complexity index is 766.